The Balaban J connectivity index is 2.70. The Labute approximate surface area is 121 Å². The molecule has 0 spiro atoms. The Morgan fingerprint density at radius 3 is 2.44 bits per heavy atom. The number of hydrogen-bond acceptors (Lipinski definition) is 1. The van der Waals surface area contributed by atoms with E-state index in [0.717, 1.165) is 19.4 Å². The molecule has 0 bridgehead atoms. The van der Waals surface area contributed by atoms with Gasteiger partial charge in [-0.15, -0.1) is 0 Å². The van der Waals surface area contributed by atoms with E-state index in [0.29, 0.717) is 16.1 Å². The van der Waals surface area contributed by atoms with Gasteiger partial charge in [-0.25, -0.2) is 0 Å². The third kappa shape index (κ3) is 5.17. The van der Waals surface area contributed by atoms with Crippen molar-refractivity contribution in [3.63, 3.8) is 0 Å². The first kappa shape index (κ1) is 15.8. The first-order valence-corrected chi connectivity index (χ1v) is 7.63. The van der Waals surface area contributed by atoms with Gasteiger partial charge in [0.2, 0.25) is 0 Å². The molecular weight excluding hydrogens is 265 g/mol. The highest BCUT2D eigenvalue weighted by atomic mass is 35.5. The molecule has 1 N–H and O–H groups in total. The zero-order valence-corrected chi connectivity index (χ0v) is 12.8. The molecule has 0 heterocycles. The predicted molar refractivity (Wildman–Crippen MR) is 81.6 cm³/mol. The van der Waals surface area contributed by atoms with Crippen molar-refractivity contribution in [1.29, 1.82) is 0 Å². The standard InChI is InChI=1S/C15H23Cl2N/c1-3-5-6-7-15(18-10-4-2)12-8-9-13(16)14(17)11-12/h8-9,11,15,18H,3-7,10H2,1-2H3. The van der Waals surface area contributed by atoms with E-state index in [2.05, 4.69) is 25.2 Å². The highest BCUT2D eigenvalue weighted by Crippen LogP contribution is 2.27. The normalized spacial score (nSPS) is 12.7. The Kier molecular flexibility index (Phi) is 7.73. The van der Waals surface area contributed by atoms with Crippen molar-refractivity contribution in [2.24, 2.45) is 0 Å². The number of halogens is 2. The van der Waals surface area contributed by atoms with Gasteiger partial charge in [-0.1, -0.05) is 62.4 Å². The molecule has 102 valence electrons. The quantitative estimate of drug-likeness (QED) is 0.613. The van der Waals surface area contributed by atoms with Crippen LogP contribution in [0.4, 0.5) is 0 Å². The Morgan fingerprint density at radius 2 is 1.83 bits per heavy atom. The fourth-order valence-electron chi connectivity index (χ4n) is 2.03. The van der Waals surface area contributed by atoms with Crippen LogP contribution >= 0.6 is 23.2 Å². The number of hydrogen-bond donors (Lipinski definition) is 1. The van der Waals surface area contributed by atoms with Crippen molar-refractivity contribution >= 4 is 23.2 Å². The van der Waals surface area contributed by atoms with Gasteiger partial charge in [-0.3, -0.25) is 0 Å². The lowest BCUT2D eigenvalue weighted by Gasteiger charge is -2.19. The molecule has 0 saturated carbocycles. The average Bonchev–Trinajstić information content (AvgIpc) is 2.37. The zero-order valence-electron chi connectivity index (χ0n) is 11.3. The van der Waals surface area contributed by atoms with E-state index in [1.165, 1.54) is 24.8 Å². The second-order valence-electron chi connectivity index (χ2n) is 4.68. The summed E-state index contributed by atoms with van der Waals surface area (Å²) in [4.78, 5) is 0. The largest absolute Gasteiger partial charge is 0.310 e. The molecule has 1 atom stereocenters. The van der Waals surface area contributed by atoms with Crippen LogP contribution in [-0.2, 0) is 0 Å². The second-order valence-corrected chi connectivity index (χ2v) is 5.49. The lowest BCUT2D eigenvalue weighted by atomic mass is 10.0. The van der Waals surface area contributed by atoms with Crippen LogP contribution < -0.4 is 5.32 Å². The molecule has 18 heavy (non-hydrogen) atoms. The van der Waals surface area contributed by atoms with Gasteiger partial charge in [0, 0.05) is 6.04 Å². The minimum Gasteiger partial charge on any atom is -0.310 e. The highest BCUT2D eigenvalue weighted by Gasteiger charge is 2.11. The van der Waals surface area contributed by atoms with Crippen LogP contribution in [0.5, 0.6) is 0 Å². The summed E-state index contributed by atoms with van der Waals surface area (Å²) >= 11 is 12.1. The van der Waals surface area contributed by atoms with E-state index in [1.54, 1.807) is 0 Å². The maximum absolute atomic E-state index is 6.09. The van der Waals surface area contributed by atoms with Crippen LogP contribution in [0.2, 0.25) is 10.0 Å². The second kappa shape index (κ2) is 8.79. The van der Waals surface area contributed by atoms with Gasteiger partial charge in [0.05, 0.1) is 10.0 Å². The molecule has 0 aliphatic heterocycles. The molecule has 1 unspecified atom stereocenters. The molecule has 0 aliphatic rings. The van der Waals surface area contributed by atoms with Crippen LogP contribution in [0.15, 0.2) is 18.2 Å². The molecule has 0 amide bonds. The van der Waals surface area contributed by atoms with Gasteiger partial charge in [0.15, 0.2) is 0 Å². The summed E-state index contributed by atoms with van der Waals surface area (Å²) in [5.74, 6) is 0. The first-order valence-electron chi connectivity index (χ1n) is 6.87. The SMILES string of the molecule is CCCCCC(NCCC)c1ccc(Cl)c(Cl)c1. The van der Waals surface area contributed by atoms with Gasteiger partial charge in [-0.2, -0.15) is 0 Å². The van der Waals surface area contributed by atoms with Crippen molar-refractivity contribution in [2.75, 3.05) is 6.54 Å². The Bertz CT molecular complexity index is 352. The summed E-state index contributed by atoms with van der Waals surface area (Å²) in [6, 6.07) is 6.35. The minimum atomic E-state index is 0.395. The van der Waals surface area contributed by atoms with Crippen LogP contribution in [0.25, 0.3) is 0 Å². The topological polar surface area (TPSA) is 12.0 Å². The van der Waals surface area contributed by atoms with Gasteiger partial charge in [0.1, 0.15) is 0 Å². The number of nitrogens with one attached hydrogen (secondary N) is 1. The van der Waals surface area contributed by atoms with Crippen LogP contribution in [0.3, 0.4) is 0 Å². The Hall–Kier alpha value is -0.240. The average molecular weight is 288 g/mol. The molecule has 0 aliphatic carbocycles. The maximum atomic E-state index is 6.09. The van der Waals surface area contributed by atoms with Gasteiger partial charge in [0.25, 0.3) is 0 Å². The lowest BCUT2D eigenvalue weighted by Crippen LogP contribution is -2.22. The maximum Gasteiger partial charge on any atom is 0.0595 e. The first-order chi connectivity index (χ1) is 8.69. The van der Waals surface area contributed by atoms with Crippen LogP contribution in [0.1, 0.15) is 57.6 Å². The summed E-state index contributed by atoms with van der Waals surface area (Å²) in [5, 5.41) is 4.86. The summed E-state index contributed by atoms with van der Waals surface area (Å²) in [5.41, 5.74) is 1.24. The monoisotopic (exact) mass is 287 g/mol. The molecule has 0 fully saturated rings. The third-order valence-corrected chi connectivity index (χ3v) is 3.82. The van der Waals surface area contributed by atoms with E-state index in [9.17, 15) is 0 Å². The highest BCUT2D eigenvalue weighted by molar-refractivity contribution is 6.42. The molecule has 1 nitrogen and oxygen atoms in total. The number of unbranched alkanes of at least 4 members (excludes halogenated alkanes) is 2. The van der Waals surface area contributed by atoms with E-state index < -0.39 is 0 Å². The van der Waals surface area contributed by atoms with Gasteiger partial charge < -0.3 is 5.32 Å². The summed E-state index contributed by atoms with van der Waals surface area (Å²) in [6.45, 7) is 5.45. The van der Waals surface area contributed by atoms with Crippen molar-refractivity contribution in [1.82, 2.24) is 5.32 Å². The molecule has 0 saturated heterocycles. The van der Waals surface area contributed by atoms with Crippen molar-refractivity contribution < 1.29 is 0 Å². The smallest absolute Gasteiger partial charge is 0.0595 e. The molecule has 1 rings (SSSR count). The fourth-order valence-corrected chi connectivity index (χ4v) is 2.34. The van der Waals surface area contributed by atoms with E-state index in [1.807, 2.05) is 12.1 Å². The molecule has 1 aromatic carbocycles. The predicted octanol–water partition coefficient (Wildman–Crippen LogP) is 5.61. The van der Waals surface area contributed by atoms with Crippen LogP contribution in [-0.4, -0.2) is 6.54 Å². The zero-order chi connectivity index (χ0) is 13.4. The fraction of sp³-hybridized carbons (Fsp3) is 0.600. The Morgan fingerprint density at radius 1 is 1.06 bits per heavy atom. The third-order valence-electron chi connectivity index (χ3n) is 3.08. The summed E-state index contributed by atoms with van der Waals surface area (Å²) in [7, 11) is 0. The van der Waals surface area contributed by atoms with E-state index >= 15 is 0 Å². The van der Waals surface area contributed by atoms with Crippen molar-refractivity contribution in [2.45, 2.75) is 52.0 Å². The summed E-state index contributed by atoms with van der Waals surface area (Å²) in [6.07, 6.45) is 6.09. The molecule has 1 aromatic rings. The van der Waals surface area contributed by atoms with E-state index in [4.69, 9.17) is 23.2 Å². The number of benzene rings is 1. The van der Waals surface area contributed by atoms with E-state index in [-0.39, 0.29) is 0 Å². The lowest BCUT2D eigenvalue weighted by molar-refractivity contribution is 0.474. The number of rotatable bonds is 8. The molecule has 0 aromatic heterocycles. The van der Waals surface area contributed by atoms with Crippen molar-refractivity contribution in [3.05, 3.63) is 33.8 Å². The molecular formula is C15H23Cl2N. The molecule has 0 radical (unpaired) electrons. The summed E-state index contributed by atoms with van der Waals surface area (Å²) < 4.78 is 0. The van der Waals surface area contributed by atoms with Gasteiger partial charge in [-0.05, 0) is 37.1 Å². The van der Waals surface area contributed by atoms with Crippen LogP contribution in [0, 0.1) is 0 Å². The minimum absolute atomic E-state index is 0.395. The molecule has 3 heteroatoms. The van der Waals surface area contributed by atoms with Gasteiger partial charge >= 0.3 is 0 Å². The van der Waals surface area contributed by atoms with Crippen molar-refractivity contribution in [3.8, 4) is 0 Å².